The van der Waals surface area contributed by atoms with Crippen molar-refractivity contribution in [2.75, 3.05) is 0 Å². The zero-order chi connectivity index (χ0) is 13.1. The third kappa shape index (κ3) is 3.36. The van der Waals surface area contributed by atoms with E-state index in [1.54, 1.807) is 6.20 Å². The number of rotatable bonds is 5. The third-order valence-corrected chi connectivity index (χ3v) is 3.39. The first kappa shape index (κ1) is 13.8. The van der Waals surface area contributed by atoms with Gasteiger partial charge in [-0.1, -0.05) is 30.6 Å². The van der Waals surface area contributed by atoms with E-state index in [9.17, 15) is 0 Å². The Bertz CT molecular complexity index is 412. The fourth-order valence-electron chi connectivity index (χ4n) is 1.58. The Balaban J connectivity index is 2.51. The predicted molar refractivity (Wildman–Crippen MR) is 68.4 cm³/mol. The maximum atomic E-state index is 8.66. The van der Waals surface area contributed by atoms with E-state index >= 15 is 0 Å². The second-order valence-electron chi connectivity index (χ2n) is 4.77. The van der Waals surface area contributed by atoms with Gasteiger partial charge in [-0.2, -0.15) is 5.10 Å². The molecule has 0 aliphatic rings. The van der Waals surface area contributed by atoms with Crippen molar-refractivity contribution in [1.82, 2.24) is 9.78 Å². The molecule has 0 amide bonds. The minimum atomic E-state index is -0.306. The lowest BCUT2D eigenvalue weighted by Gasteiger charge is -2.22. The lowest BCUT2D eigenvalue weighted by atomic mass is 9.86. The van der Waals surface area contributed by atoms with Crippen LogP contribution >= 0.6 is 11.6 Å². The molecule has 0 radical (unpaired) electrons. The highest BCUT2D eigenvalue weighted by molar-refractivity contribution is 6.31. The summed E-state index contributed by atoms with van der Waals surface area (Å²) >= 11 is 5.92. The summed E-state index contributed by atoms with van der Waals surface area (Å²) < 4.78 is 1.87. The van der Waals surface area contributed by atoms with Gasteiger partial charge < -0.3 is 10.9 Å². The number of oxime groups is 1. The molecule has 17 heavy (non-hydrogen) atoms. The number of nitrogens with two attached hydrogens (primary N) is 1. The predicted octanol–water partition coefficient (Wildman–Crippen LogP) is 2.40. The summed E-state index contributed by atoms with van der Waals surface area (Å²) in [6.07, 6.45) is 3.35. The minimum absolute atomic E-state index is 0.257. The van der Waals surface area contributed by atoms with Crippen LogP contribution in [0.4, 0.5) is 0 Å². The van der Waals surface area contributed by atoms with Crippen LogP contribution in [0.3, 0.4) is 0 Å². The molecular weight excluding hydrogens is 240 g/mol. The molecule has 0 spiro atoms. The van der Waals surface area contributed by atoms with Crippen LogP contribution in [0.1, 0.15) is 32.4 Å². The van der Waals surface area contributed by atoms with E-state index < -0.39 is 0 Å². The van der Waals surface area contributed by atoms with Gasteiger partial charge in [-0.3, -0.25) is 4.68 Å². The van der Waals surface area contributed by atoms with Crippen molar-refractivity contribution >= 4 is 17.4 Å². The molecule has 0 unspecified atom stereocenters. The van der Waals surface area contributed by atoms with Gasteiger partial charge in [-0.15, -0.1) is 0 Å². The van der Waals surface area contributed by atoms with Crippen molar-refractivity contribution in [2.24, 2.45) is 16.3 Å². The van der Waals surface area contributed by atoms with Crippen LogP contribution in [0.15, 0.2) is 11.4 Å². The van der Waals surface area contributed by atoms with Crippen LogP contribution in [-0.2, 0) is 6.54 Å². The smallest absolute Gasteiger partial charge is 0.144 e. The molecule has 0 aliphatic carbocycles. The summed E-state index contributed by atoms with van der Waals surface area (Å²) in [5.41, 5.74) is 6.28. The number of halogens is 1. The van der Waals surface area contributed by atoms with Gasteiger partial charge in [0.2, 0.25) is 0 Å². The largest absolute Gasteiger partial charge is 0.409 e. The van der Waals surface area contributed by atoms with Crippen LogP contribution in [0, 0.1) is 12.3 Å². The van der Waals surface area contributed by atoms with E-state index in [2.05, 4.69) is 10.3 Å². The van der Waals surface area contributed by atoms with Crippen molar-refractivity contribution in [3.05, 3.63) is 16.9 Å². The van der Waals surface area contributed by atoms with Crippen LogP contribution in [0.5, 0.6) is 0 Å². The van der Waals surface area contributed by atoms with Gasteiger partial charge in [-0.05, 0) is 19.8 Å². The molecule has 1 heterocycles. The number of aryl methyl sites for hydroxylation is 1. The quantitative estimate of drug-likeness (QED) is 0.368. The summed E-state index contributed by atoms with van der Waals surface area (Å²) in [5.74, 6) is 0.257. The molecule has 0 aliphatic heterocycles. The first-order valence-corrected chi connectivity index (χ1v) is 5.92. The Hall–Kier alpha value is -1.23. The molecule has 0 saturated heterocycles. The van der Waals surface area contributed by atoms with Gasteiger partial charge in [0.15, 0.2) is 0 Å². The maximum Gasteiger partial charge on any atom is 0.144 e. The molecule has 5 nitrogen and oxygen atoms in total. The molecule has 0 atom stereocenters. The minimum Gasteiger partial charge on any atom is -0.409 e. The van der Waals surface area contributed by atoms with Crippen molar-refractivity contribution in [1.29, 1.82) is 0 Å². The maximum absolute atomic E-state index is 8.66. The molecule has 0 bridgehead atoms. The van der Waals surface area contributed by atoms with E-state index in [1.807, 2.05) is 25.5 Å². The van der Waals surface area contributed by atoms with Gasteiger partial charge in [0.25, 0.3) is 0 Å². The first-order chi connectivity index (χ1) is 7.88. The van der Waals surface area contributed by atoms with Gasteiger partial charge in [0, 0.05) is 12.0 Å². The second kappa shape index (κ2) is 5.40. The molecular formula is C11H19ClN4O. The number of hydrogen-bond donors (Lipinski definition) is 2. The Morgan fingerprint density at radius 1 is 1.65 bits per heavy atom. The van der Waals surface area contributed by atoms with Crippen LogP contribution < -0.4 is 5.73 Å². The molecule has 0 saturated carbocycles. The van der Waals surface area contributed by atoms with E-state index in [0.717, 1.165) is 25.1 Å². The molecule has 1 aromatic heterocycles. The zero-order valence-corrected chi connectivity index (χ0v) is 11.2. The van der Waals surface area contributed by atoms with Crippen LogP contribution in [0.25, 0.3) is 0 Å². The van der Waals surface area contributed by atoms with Crippen molar-refractivity contribution in [2.45, 2.75) is 40.2 Å². The fourth-order valence-corrected chi connectivity index (χ4v) is 1.72. The summed E-state index contributed by atoms with van der Waals surface area (Å²) in [4.78, 5) is 0. The molecule has 1 aromatic rings. The number of nitrogens with zero attached hydrogens (tertiary/aromatic N) is 3. The Labute approximate surface area is 106 Å². The van der Waals surface area contributed by atoms with E-state index in [0.29, 0.717) is 5.02 Å². The van der Waals surface area contributed by atoms with Crippen molar-refractivity contribution < 1.29 is 5.21 Å². The third-order valence-electron chi connectivity index (χ3n) is 3.02. The molecule has 0 fully saturated rings. The zero-order valence-electron chi connectivity index (χ0n) is 10.4. The lowest BCUT2D eigenvalue weighted by molar-refractivity contribution is 0.303. The molecule has 3 N–H and O–H groups in total. The van der Waals surface area contributed by atoms with Gasteiger partial charge in [0.05, 0.1) is 16.9 Å². The fraction of sp³-hybridized carbons (Fsp3) is 0.636. The monoisotopic (exact) mass is 258 g/mol. The van der Waals surface area contributed by atoms with Gasteiger partial charge in [-0.25, -0.2) is 0 Å². The normalized spacial score (nSPS) is 13.1. The average Bonchev–Trinajstić information content (AvgIpc) is 2.59. The van der Waals surface area contributed by atoms with Crippen LogP contribution in [0.2, 0.25) is 5.02 Å². The van der Waals surface area contributed by atoms with Crippen molar-refractivity contribution in [3.63, 3.8) is 0 Å². The highest BCUT2D eigenvalue weighted by atomic mass is 35.5. The second-order valence-corrected chi connectivity index (χ2v) is 5.18. The van der Waals surface area contributed by atoms with Gasteiger partial charge in [0.1, 0.15) is 5.84 Å². The summed E-state index contributed by atoms with van der Waals surface area (Å²) in [5, 5.41) is 16.6. The highest BCUT2D eigenvalue weighted by Crippen LogP contribution is 2.23. The Morgan fingerprint density at radius 3 is 2.76 bits per heavy atom. The number of amidine groups is 1. The Kier molecular flexibility index (Phi) is 4.40. The Morgan fingerprint density at radius 2 is 2.29 bits per heavy atom. The van der Waals surface area contributed by atoms with E-state index in [4.69, 9.17) is 22.5 Å². The van der Waals surface area contributed by atoms with Gasteiger partial charge >= 0.3 is 0 Å². The topological polar surface area (TPSA) is 76.4 Å². The van der Waals surface area contributed by atoms with Crippen LogP contribution in [-0.4, -0.2) is 20.8 Å². The average molecular weight is 259 g/mol. The summed E-state index contributed by atoms with van der Waals surface area (Å²) in [7, 11) is 0. The summed E-state index contributed by atoms with van der Waals surface area (Å²) in [6.45, 7) is 6.61. The summed E-state index contributed by atoms with van der Waals surface area (Å²) in [6, 6.07) is 0. The first-order valence-electron chi connectivity index (χ1n) is 5.54. The molecule has 6 heteroatoms. The standard InChI is InChI=1S/C11H19ClN4O/c1-8-9(12)7-14-16(8)6-4-5-11(2,3)10(13)15-17/h7,17H,4-6H2,1-3H3,(H2,13,15). The number of hydrogen-bond acceptors (Lipinski definition) is 3. The molecule has 1 rings (SSSR count). The SMILES string of the molecule is Cc1c(Cl)cnn1CCCC(C)(C)C(N)=NO. The highest BCUT2D eigenvalue weighted by Gasteiger charge is 2.23. The van der Waals surface area contributed by atoms with Crippen molar-refractivity contribution in [3.8, 4) is 0 Å². The lowest BCUT2D eigenvalue weighted by Crippen LogP contribution is -2.32. The molecule has 96 valence electrons. The molecule has 0 aromatic carbocycles. The number of aromatic nitrogens is 2. The van der Waals surface area contributed by atoms with E-state index in [1.165, 1.54) is 0 Å². The van der Waals surface area contributed by atoms with E-state index in [-0.39, 0.29) is 11.3 Å².